The molecule has 0 amide bonds. The van der Waals surface area contributed by atoms with Gasteiger partial charge in [0, 0.05) is 24.6 Å². The summed E-state index contributed by atoms with van der Waals surface area (Å²) in [6.45, 7) is 2.43. The van der Waals surface area contributed by atoms with Crippen LogP contribution in [-0.2, 0) is 16.4 Å². The number of anilines is 1. The van der Waals surface area contributed by atoms with E-state index in [0.717, 1.165) is 16.9 Å². The Morgan fingerprint density at radius 2 is 2.11 bits per heavy atom. The van der Waals surface area contributed by atoms with Crippen molar-refractivity contribution >= 4 is 15.7 Å². The van der Waals surface area contributed by atoms with Gasteiger partial charge in [-0.2, -0.15) is 0 Å². The van der Waals surface area contributed by atoms with E-state index in [1.54, 1.807) is 24.4 Å². The van der Waals surface area contributed by atoms with Gasteiger partial charge in [-0.05, 0) is 24.6 Å². The number of hydrogen-bond donors (Lipinski definition) is 1. The highest BCUT2D eigenvalue weighted by atomic mass is 32.2. The summed E-state index contributed by atoms with van der Waals surface area (Å²) in [6.07, 6.45) is 4.40. The molecule has 0 unspecified atom stereocenters. The summed E-state index contributed by atoms with van der Waals surface area (Å²) in [5, 5.41) is 3.16. The van der Waals surface area contributed by atoms with Gasteiger partial charge in [0.2, 0.25) is 0 Å². The molecule has 1 N–H and O–H groups in total. The van der Waals surface area contributed by atoms with Crippen molar-refractivity contribution in [3.8, 4) is 0 Å². The Bertz CT molecular complexity index is 684. The van der Waals surface area contributed by atoms with E-state index in [2.05, 4.69) is 15.3 Å². The number of aryl methyl sites for hydroxylation is 1. The molecule has 0 saturated carbocycles. The van der Waals surface area contributed by atoms with E-state index in [9.17, 15) is 8.42 Å². The van der Waals surface area contributed by atoms with Gasteiger partial charge in [0.1, 0.15) is 12.1 Å². The van der Waals surface area contributed by atoms with Crippen molar-refractivity contribution in [2.75, 3.05) is 11.6 Å². The van der Waals surface area contributed by atoms with Crippen molar-refractivity contribution in [2.45, 2.75) is 18.4 Å². The van der Waals surface area contributed by atoms with Crippen molar-refractivity contribution in [2.24, 2.45) is 0 Å². The average molecular weight is 277 g/mol. The molecule has 0 aliphatic heterocycles. The zero-order chi connectivity index (χ0) is 13.9. The van der Waals surface area contributed by atoms with Crippen molar-refractivity contribution in [3.63, 3.8) is 0 Å². The Balaban J connectivity index is 2.15. The van der Waals surface area contributed by atoms with Crippen LogP contribution in [0.15, 0.2) is 41.7 Å². The number of rotatable bonds is 4. The van der Waals surface area contributed by atoms with E-state index in [0.29, 0.717) is 11.4 Å². The van der Waals surface area contributed by atoms with Crippen LogP contribution in [0.3, 0.4) is 0 Å². The van der Waals surface area contributed by atoms with Crippen molar-refractivity contribution in [3.05, 3.63) is 47.9 Å². The highest BCUT2D eigenvalue weighted by Gasteiger charge is 2.07. The van der Waals surface area contributed by atoms with Gasteiger partial charge in [0.05, 0.1) is 4.90 Å². The molecular weight excluding hydrogens is 262 g/mol. The standard InChI is InChI=1S/C13H15N3O2S/c1-10-7-14-9-16-13(10)15-8-11-4-3-5-12(6-11)19(2,17)18/h3-7,9H,8H2,1-2H3,(H,14,15,16). The first-order valence-corrected chi connectivity index (χ1v) is 7.65. The summed E-state index contributed by atoms with van der Waals surface area (Å²) in [6, 6.07) is 6.87. The lowest BCUT2D eigenvalue weighted by Crippen LogP contribution is -2.05. The lowest BCUT2D eigenvalue weighted by atomic mass is 10.2. The molecule has 0 bridgehead atoms. The molecule has 6 heteroatoms. The summed E-state index contributed by atoms with van der Waals surface area (Å²) < 4.78 is 22.9. The summed E-state index contributed by atoms with van der Waals surface area (Å²) in [5.41, 5.74) is 1.84. The van der Waals surface area contributed by atoms with E-state index >= 15 is 0 Å². The first-order chi connectivity index (χ1) is 8.97. The van der Waals surface area contributed by atoms with E-state index in [1.165, 1.54) is 12.6 Å². The third-order valence-corrected chi connectivity index (χ3v) is 3.79. The second kappa shape index (κ2) is 5.36. The Hall–Kier alpha value is -1.95. The zero-order valence-electron chi connectivity index (χ0n) is 10.8. The minimum absolute atomic E-state index is 0.325. The van der Waals surface area contributed by atoms with Gasteiger partial charge in [0.25, 0.3) is 0 Å². The minimum atomic E-state index is -3.17. The third-order valence-electron chi connectivity index (χ3n) is 2.68. The van der Waals surface area contributed by atoms with E-state index in [1.807, 2.05) is 13.0 Å². The number of nitrogens with zero attached hydrogens (tertiary/aromatic N) is 2. The van der Waals surface area contributed by atoms with Crippen LogP contribution in [0.4, 0.5) is 5.82 Å². The first-order valence-electron chi connectivity index (χ1n) is 5.76. The maximum atomic E-state index is 11.5. The highest BCUT2D eigenvalue weighted by Crippen LogP contribution is 2.14. The molecule has 1 heterocycles. The fourth-order valence-electron chi connectivity index (χ4n) is 1.66. The molecule has 1 aromatic carbocycles. The van der Waals surface area contributed by atoms with Crippen LogP contribution in [-0.4, -0.2) is 24.6 Å². The molecule has 0 spiro atoms. The predicted molar refractivity (Wildman–Crippen MR) is 73.6 cm³/mol. The highest BCUT2D eigenvalue weighted by molar-refractivity contribution is 7.90. The summed E-state index contributed by atoms with van der Waals surface area (Å²) in [4.78, 5) is 8.37. The monoisotopic (exact) mass is 277 g/mol. The number of benzene rings is 1. The molecule has 19 heavy (non-hydrogen) atoms. The molecule has 2 aromatic rings. The van der Waals surface area contributed by atoms with Crippen molar-refractivity contribution in [1.82, 2.24) is 9.97 Å². The van der Waals surface area contributed by atoms with Gasteiger partial charge in [-0.1, -0.05) is 12.1 Å². The van der Waals surface area contributed by atoms with Crippen LogP contribution in [0.1, 0.15) is 11.1 Å². The van der Waals surface area contributed by atoms with Crippen molar-refractivity contribution < 1.29 is 8.42 Å². The normalized spacial score (nSPS) is 11.3. The van der Waals surface area contributed by atoms with Crippen LogP contribution in [0.2, 0.25) is 0 Å². The summed E-state index contributed by atoms with van der Waals surface area (Å²) in [5.74, 6) is 0.750. The molecule has 0 aliphatic carbocycles. The second-order valence-electron chi connectivity index (χ2n) is 4.33. The van der Waals surface area contributed by atoms with Gasteiger partial charge in [-0.25, -0.2) is 18.4 Å². The van der Waals surface area contributed by atoms with Gasteiger partial charge < -0.3 is 5.32 Å². The van der Waals surface area contributed by atoms with Crippen LogP contribution in [0, 0.1) is 6.92 Å². The maximum absolute atomic E-state index is 11.5. The largest absolute Gasteiger partial charge is 0.366 e. The minimum Gasteiger partial charge on any atom is -0.366 e. The van der Waals surface area contributed by atoms with Crippen LogP contribution in [0.5, 0.6) is 0 Å². The molecule has 0 radical (unpaired) electrons. The van der Waals surface area contributed by atoms with Gasteiger partial charge in [0.15, 0.2) is 9.84 Å². The van der Waals surface area contributed by atoms with Gasteiger partial charge in [-0.3, -0.25) is 0 Å². The Morgan fingerprint density at radius 3 is 2.79 bits per heavy atom. The van der Waals surface area contributed by atoms with Gasteiger partial charge >= 0.3 is 0 Å². The number of nitrogens with one attached hydrogen (secondary N) is 1. The molecule has 100 valence electrons. The van der Waals surface area contributed by atoms with E-state index in [-0.39, 0.29) is 0 Å². The molecule has 0 fully saturated rings. The van der Waals surface area contributed by atoms with Gasteiger partial charge in [-0.15, -0.1) is 0 Å². The second-order valence-corrected chi connectivity index (χ2v) is 6.34. The van der Waals surface area contributed by atoms with E-state index in [4.69, 9.17) is 0 Å². The smallest absolute Gasteiger partial charge is 0.175 e. The number of sulfone groups is 1. The molecule has 2 rings (SSSR count). The zero-order valence-corrected chi connectivity index (χ0v) is 11.6. The number of aromatic nitrogens is 2. The lowest BCUT2D eigenvalue weighted by molar-refractivity contribution is 0.601. The molecule has 0 atom stereocenters. The average Bonchev–Trinajstić information content (AvgIpc) is 2.37. The molecule has 1 aromatic heterocycles. The molecule has 5 nitrogen and oxygen atoms in total. The molecule has 0 saturated heterocycles. The molecular formula is C13H15N3O2S. The van der Waals surface area contributed by atoms with Crippen LogP contribution >= 0.6 is 0 Å². The van der Waals surface area contributed by atoms with Crippen LogP contribution in [0.25, 0.3) is 0 Å². The topological polar surface area (TPSA) is 72.0 Å². The summed E-state index contributed by atoms with van der Waals surface area (Å²) in [7, 11) is -3.17. The first kappa shape index (κ1) is 13.5. The third kappa shape index (κ3) is 3.51. The predicted octanol–water partition coefficient (Wildman–Crippen LogP) is 1.80. The quantitative estimate of drug-likeness (QED) is 0.922. The SMILES string of the molecule is Cc1cncnc1NCc1cccc(S(C)(=O)=O)c1. The molecule has 0 aliphatic rings. The summed E-state index contributed by atoms with van der Waals surface area (Å²) >= 11 is 0. The Kier molecular flexibility index (Phi) is 3.80. The Morgan fingerprint density at radius 1 is 1.32 bits per heavy atom. The fraction of sp³-hybridized carbons (Fsp3) is 0.231. The van der Waals surface area contributed by atoms with Crippen LogP contribution < -0.4 is 5.32 Å². The lowest BCUT2D eigenvalue weighted by Gasteiger charge is -2.08. The maximum Gasteiger partial charge on any atom is 0.175 e. The van der Waals surface area contributed by atoms with Crippen molar-refractivity contribution in [1.29, 1.82) is 0 Å². The van der Waals surface area contributed by atoms with E-state index < -0.39 is 9.84 Å². The fourth-order valence-corrected chi connectivity index (χ4v) is 2.35. The number of hydrogen-bond acceptors (Lipinski definition) is 5. The Labute approximate surface area is 112 Å².